The van der Waals surface area contributed by atoms with Gasteiger partial charge in [0.15, 0.2) is 0 Å². The second-order valence-electron chi connectivity index (χ2n) is 10.2. The Balaban J connectivity index is 1.10. The van der Waals surface area contributed by atoms with Crippen LogP contribution in [0.5, 0.6) is 5.75 Å². The van der Waals surface area contributed by atoms with E-state index in [1.54, 1.807) is 18.2 Å². The first-order valence-corrected chi connectivity index (χ1v) is 12.1. The van der Waals surface area contributed by atoms with Crippen molar-refractivity contribution in [3.63, 3.8) is 0 Å². The summed E-state index contributed by atoms with van der Waals surface area (Å²) in [6.45, 7) is 0.918. The fraction of sp³-hybridized carbons (Fsp3) is 0.640. The zero-order valence-corrected chi connectivity index (χ0v) is 19.4. The number of nitrogens with one attached hydrogen (secondary N) is 2. The van der Waals surface area contributed by atoms with Crippen LogP contribution in [-0.2, 0) is 9.53 Å². The first kappa shape index (κ1) is 23.5. The second-order valence-corrected chi connectivity index (χ2v) is 10.2. The van der Waals surface area contributed by atoms with E-state index in [1.807, 2.05) is 18.2 Å². The van der Waals surface area contributed by atoms with Crippen LogP contribution < -0.4 is 10.1 Å². The van der Waals surface area contributed by atoms with Crippen LogP contribution in [0.2, 0.25) is 0 Å². The van der Waals surface area contributed by atoms with Gasteiger partial charge in [0.05, 0.1) is 24.9 Å². The number of aromatic nitrogens is 1. The molecule has 3 aliphatic rings. The molecule has 1 aliphatic heterocycles. The third-order valence-electron chi connectivity index (χ3n) is 7.83. The number of aromatic amines is 1. The average Bonchev–Trinajstić information content (AvgIpc) is 3.39. The van der Waals surface area contributed by atoms with Crippen molar-refractivity contribution in [1.82, 2.24) is 9.88 Å². The Hall–Kier alpha value is -2.26. The third-order valence-corrected chi connectivity index (χ3v) is 7.83. The quantitative estimate of drug-likeness (QED) is 0.570. The first-order chi connectivity index (χ1) is 16.3. The summed E-state index contributed by atoms with van der Waals surface area (Å²) >= 11 is 0. The molecular formula is C25H32F3N3O3. The van der Waals surface area contributed by atoms with Gasteiger partial charge in [0, 0.05) is 43.2 Å². The number of carbonyl (C=O) groups excluding carboxylic acids is 1. The Labute approximate surface area is 197 Å². The Morgan fingerprint density at radius 1 is 1.18 bits per heavy atom. The average molecular weight is 480 g/mol. The van der Waals surface area contributed by atoms with Crippen molar-refractivity contribution < 1.29 is 27.4 Å². The number of nitrogens with zero attached hydrogens (tertiary/aromatic N) is 1. The zero-order valence-electron chi connectivity index (χ0n) is 19.4. The van der Waals surface area contributed by atoms with E-state index in [4.69, 9.17) is 9.47 Å². The van der Waals surface area contributed by atoms with E-state index >= 15 is 0 Å². The van der Waals surface area contributed by atoms with Crippen molar-refractivity contribution in [2.24, 2.45) is 23.7 Å². The lowest BCUT2D eigenvalue weighted by molar-refractivity contribution is -0.144. The van der Waals surface area contributed by atoms with Crippen molar-refractivity contribution in [2.75, 3.05) is 38.7 Å². The SMILES string of the molecule is CO[C@H]1C[C@H](C(=O)Nc2c[nH]c3ccc(OCC[C@@H]4C[C@@H]5CN(CC(F)(F)F)C[C@@H]5C4)cc23)C1. The van der Waals surface area contributed by atoms with E-state index in [2.05, 4.69) is 10.3 Å². The standard InChI is InChI=1S/C25H32F3N3O3/c1-33-20-8-16(9-20)24(32)30-23-11-29-22-3-2-19(10-21(22)23)34-5-4-15-6-17-12-31(13-18(17)7-15)14-25(26,27)28/h2-3,10-11,15-18,20,29H,4-9,12-14H2,1H3,(H,30,32)/t15-,16-,17-,18+,20-. The predicted molar refractivity (Wildman–Crippen MR) is 123 cm³/mol. The Bertz CT molecular complexity index is 1000. The number of carbonyl (C=O) groups is 1. The summed E-state index contributed by atoms with van der Waals surface area (Å²) in [5, 5.41) is 3.93. The molecule has 34 heavy (non-hydrogen) atoms. The topological polar surface area (TPSA) is 66.6 Å². The summed E-state index contributed by atoms with van der Waals surface area (Å²) in [6, 6.07) is 5.80. The van der Waals surface area contributed by atoms with Gasteiger partial charge in [-0.1, -0.05) is 0 Å². The largest absolute Gasteiger partial charge is 0.494 e. The number of amides is 1. The molecule has 1 amide bonds. The lowest BCUT2D eigenvalue weighted by atomic mass is 9.81. The summed E-state index contributed by atoms with van der Waals surface area (Å²) in [4.78, 5) is 17.3. The number of benzene rings is 1. The molecule has 5 rings (SSSR count). The number of anilines is 1. The van der Waals surface area contributed by atoms with Crippen LogP contribution in [-0.4, -0.2) is 61.4 Å². The van der Waals surface area contributed by atoms with Crippen LogP contribution in [0.4, 0.5) is 18.9 Å². The van der Waals surface area contributed by atoms with Gasteiger partial charge in [-0.3, -0.25) is 9.69 Å². The van der Waals surface area contributed by atoms with Crippen molar-refractivity contribution in [2.45, 2.75) is 44.4 Å². The molecule has 2 N–H and O–H groups in total. The molecule has 0 radical (unpaired) electrons. The molecule has 0 unspecified atom stereocenters. The maximum atomic E-state index is 12.6. The van der Waals surface area contributed by atoms with E-state index in [9.17, 15) is 18.0 Å². The molecule has 2 heterocycles. The molecule has 0 bridgehead atoms. The number of fused-ring (bicyclic) bond motifs is 2. The normalized spacial score (nSPS) is 29.2. The minimum atomic E-state index is -4.11. The van der Waals surface area contributed by atoms with Crippen LogP contribution in [0, 0.1) is 23.7 Å². The number of likely N-dealkylation sites (tertiary alicyclic amines) is 1. The highest BCUT2D eigenvalue weighted by Gasteiger charge is 2.43. The fourth-order valence-electron chi connectivity index (χ4n) is 5.98. The molecule has 3 fully saturated rings. The number of rotatable bonds is 8. The van der Waals surface area contributed by atoms with Crippen molar-refractivity contribution >= 4 is 22.5 Å². The molecule has 186 valence electrons. The molecule has 2 saturated carbocycles. The molecular weight excluding hydrogens is 447 g/mol. The predicted octanol–water partition coefficient (Wildman–Crippen LogP) is 4.82. The molecule has 9 heteroatoms. The van der Waals surface area contributed by atoms with Crippen LogP contribution in [0.1, 0.15) is 32.1 Å². The van der Waals surface area contributed by atoms with E-state index in [0.717, 1.165) is 54.4 Å². The summed E-state index contributed by atoms with van der Waals surface area (Å²) in [7, 11) is 1.67. The monoisotopic (exact) mass is 479 g/mol. The van der Waals surface area contributed by atoms with Gasteiger partial charge in [-0.25, -0.2) is 0 Å². The molecule has 2 aliphatic carbocycles. The van der Waals surface area contributed by atoms with E-state index in [1.165, 1.54) is 0 Å². The van der Waals surface area contributed by atoms with E-state index in [0.29, 0.717) is 37.5 Å². The maximum absolute atomic E-state index is 12.6. The summed E-state index contributed by atoms with van der Waals surface area (Å²) < 4.78 is 49.2. The smallest absolute Gasteiger partial charge is 0.401 e. The number of hydrogen-bond donors (Lipinski definition) is 2. The third kappa shape index (κ3) is 5.20. The van der Waals surface area contributed by atoms with Crippen LogP contribution in [0.25, 0.3) is 10.9 Å². The molecule has 6 nitrogen and oxygen atoms in total. The summed E-state index contributed by atoms with van der Waals surface area (Å²) in [5.74, 6) is 2.02. The van der Waals surface area contributed by atoms with Gasteiger partial charge in [-0.05, 0) is 68.1 Å². The highest BCUT2D eigenvalue weighted by molar-refractivity contribution is 6.03. The highest BCUT2D eigenvalue weighted by atomic mass is 19.4. The Kier molecular flexibility index (Phi) is 6.50. The van der Waals surface area contributed by atoms with Gasteiger partial charge < -0.3 is 19.8 Å². The van der Waals surface area contributed by atoms with E-state index < -0.39 is 12.7 Å². The van der Waals surface area contributed by atoms with Gasteiger partial charge in [0.1, 0.15) is 5.75 Å². The summed E-state index contributed by atoms with van der Waals surface area (Å²) in [5.41, 5.74) is 1.68. The van der Waals surface area contributed by atoms with Crippen molar-refractivity contribution in [3.8, 4) is 5.75 Å². The van der Waals surface area contributed by atoms with Gasteiger partial charge in [-0.15, -0.1) is 0 Å². The Morgan fingerprint density at radius 3 is 2.59 bits per heavy atom. The molecule has 3 atom stereocenters. The van der Waals surface area contributed by atoms with Gasteiger partial charge >= 0.3 is 6.18 Å². The first-order valence-electron chi connectivity index (χ1n) is 12.1. The number of hydrogen-bond acceptors (Lipinski definition) is 4. The minimum absolute atomic E-state index is 0.0132. The zero-order chi connectivity index (χ0) is 23.9. The number of ether oxygens (including phenoxy) is 2. The van der Waals surface area contributed by atoms with Crippen molar-refractivity contribution in [1.29, 1.82) is 0 Å². The van der Waals surface area contributed by atoms with E-state index in [-0.39, 0.29) is 17.9 Å². The number of alkyl halides is 3. The number of methoxy groups -OCH3 is 1. The number of halogens is 3. The molecule has 0 spiro atoms. The van der Waals surface area contributed by atoms with Crippen LogP contribution >= 0.6 is 0 Å². The lowest BCUT2D eigenvalue weighted by Crippen LogP contribution is -2.38. The highest BCUT2D eigenvalue weighted by Crippen LogP contribution is 2.43. The summed E-state index contributed by atoms with van der Waals surface area (Å²) in [6.07, 6.45) is 2.25. The van der Waals surface area contributed by atoms with Gasteiger partial charge in [0.25, 0.3) is 0 Å². The second kappa shape index (κ2) is 9.41. The minimum Gasteiger partial charge on any atom is -0.494 e. The molecule has 1 saturated heterocycles. The fourth-order valence-corrected chi connectivity index (χ4v) is 5.98. The maximum Gasteiger partial charge on any atom is 0.401 e. The molecule has 2 aromatic rings. The van der Waals surface area contributed by atoms with Gasteiger partial charge in [-0.2, -0.15) is 13.2 Å². The number of H-pyrrole nitrogens is 1. The van der Waals surface area contributed by atoms with Crippen LogP contribution in [0.3, 0.4) is 0 Å². The van der Waals surface area contributed by atoms with Crippen LogP contribution in [0.15, 0.2) is 24.4 Å². The van der Waals surface area contributed by atoms with Gasteiger partial charge in [0.2, 0.25) is 5.91 Å². The lowest BCUT2D eigenvalue weighted by Gasteiger charge is -2.32. The Morgan fingerprint density at radius 2 is 1.91 bits per heavy atom. The molecule has 1 aromatic carbocycles. The molecule has 1 aromatic heterocycles. The van der Waals surface area contributed by atoms with Crippen molar-refractivity contribution in [3.05, 3.63) is 24.4 Å².